The molecule has 1 aromatic rings. The summed E-state index contributed by atoms with van der Waals surface area (Å²) >= 11 is 0. The van der Waals surface area contributed by atoms with Crippen molar-refractivity contribution in [3.8, 4) is 6.07 Å². The molecule has 92 valence electrons. The van der Waals surface area contributed by atoms with E-state index < -0.39 is 0 Å². The van der Waals surface area contributed by atoms with Crippen LogP contribution in [0.1, 0.15) is 30.8 Å². The molecule has 0 aliphatic heterocycles. The third-order valence-corrected chi connectivity index (χ3v) is 2.31. The summed E-state index contributed by atoms with van der Waals surface area (Å²) < 4.78 is 5.44. The van der Waals surface area contributed by atoms with Gasteiger partial charge >= 0.3 is 0 Å². The molecule has 4 heteroatoms. The Morgan fingerprint density at radius 2 is 2.18 bits per heavy atom. The SMILES string of the molecule is Cc1cc(NCCOC(C)C)c(C#N)c(C)n1. The van der Waals surface area contributed by atoms with Crippen LogP contribution in [0.5, 0.6) is 0 Å². The van der Waals surface area contributed by atoms with Gasteiger partial charge in [-0.1, -0.05) is 0 Å². The van der Waals surface area contributed by atoms with Crippen LogP contribution in [0.25, 0.3) is 0 Å². The summed E-state index contributed by atoms with van der Waals surface area (Å²) in [4.78, 5) is 4.27. The number of anilines is 1. The van der Waals surface area contributed by atoms with Crippen molar-refractivity contribution in [1.82, 2.24) is 4.98 Å². The zero-order valence-corrected chi connectivity index (χ0v) is 10.9. The minimum atomic E-state index is 0.230. The minimum absolute atomic E-state index is 0.230. The fourth-order valence-electron chi connectivity index (χ4n) is 1.59. The fourth-order valence-corrected chi connectivity index (χ4v) is 1.59. The van der Waals surface area contributed by atoms with E-state index in [0.717, 1.165) is 17.1 Å². The van der Waals surface area contributed by atoms with Gasteiger partial charge in [-0.25, -0.2) is 0 Å². The number of aromatic nitrogens is 1. The first-order valence-electron chi connectivity index (χ1n) is 5.78. The number of pyridine rings is 1. The molecule has 0 spiro atoms. The second-order valence-corrected chi connectivity index (χ2v) is 4.23. The first-order chi connectivity index (χ1) is 8.04. The lowest BCUT2D eigenvalue weighted by molar-refractivity contribution is 0.0870. The van der Waals surface area contributed by atoms with Crippen LogP contribution >= 0.6 is 0 Å². The summed E-state index contributed by atoms with van der Waals surface area (Å²) in [6.45, 7) is 9.09. The van der Waals surface area contributed by atoms with Crippen LogP contribution < -0.4 is 5.32 Å². The largest absolute Gasteiger partial charge is 0.382 e. The monoisotopic (exact) mass is 233 g/mol. The van der Waals surface area contributed by atoms with Gasteiger partial charge in [0.05, 0.1) is 29.7 Å². The van der Waals surface area contributed by atoms with E-state index in [-0.39, 0.29) is 6.10 Å². The maximum Gasteiger partial charge on any atom is 0.103 e. The Hall–Kier alpha value is -1.60. The molecule has 1 N–H and O–H groups in total. The lowest BCUT2D eigenvalue weighted by atomic mass is 10.1. The number of rotatable bonds is 5. The van der Waals surface area contributed by atoms with Gasteiger partial charge in [0, 0.05) is 12.2 Å². The van der Waals surface area contributed by atoms with Crippen LogP contribution in [0.15, 0.2) is 6.07 Å². The standard InChI is InChI=1S/C13H19N3O/c1-9(2)17-6-5-15-13-7-10(3)16-11(4)12(13)8-14/h7,9H,5-6H2,1-4H3,(H,15,16). The van der Waals surface area contributed by atoms with Gasteiger partial charge in [0.25, 0.3) is 0 Å². The Bertz CT molecular complexity index is 421. The van der Waals surface area contributed by atoms with Crippen LogP contribution in [0.4, 0.5) is 5.69 Å². The van der Waals surface area contributed by atoms with Crippen molar-refractivity contribution >= 4 is 5.69 Å². The second kappa shape index (κ2) is 6.21. The highest BCUT2D eigenvalue weighted by atomic mass is 16.5. The van der Waals surface area contributed by atoms with Crippen molar-refractivity contribution in [3.63, 3.8) is 0 Å². The molecule has 0 saturated carbocycles. The van der Waals surface area contributed by atoms with Crippen molar-refractivity contribution in [2.24, 2.45) is 0 Å². The lowest BCUT2D eigenvalue weighted by Crippen LogP contribution is -2.14. The smallest absolute Gasteiger partial charge is 0.103 e. The van der Waals surface area contributed by atoms with Gasteiger partial charge in [0.15, 0.2) is 0 Å². The van der Waals surface area contributed by atoms with Gasteiger partial charge < -0.3 is 10.1 Å². The van der Waals surface area contributed by atoms with Gasteiger partial charge in [-0.05, 0) is 33.8 Å². The van der Waals surface area contributed by atoms with Gasteiger partial charge in [-0.15, -0.1) is 0 Å². The van der Waals surface area contributed by atoms with Crippen molar-refractivity contribution in [3.05, 3.63) is 23.0 Å². The second-order valence-electron chi connectivity index (χ2n) is 4.23. The average molecular weight is 233 g/mol. The van der Waals surface area contributed by atoms with Crippen molar-refractivity contribution < 1.29 is 4.74 Å². The molecule has 0 radical (unpaired) electrons. The number of nitrogens with one attached hydrogen (secondary N) is 1. The zero-order valence-electron chi connectivity index (χ0n) is 10.9. The lowest BCUT2D eigenvalue weighted by Gasteiger charge is -2.12. The molecule has 0 aromatic carbocycles. The van der Waals surface area contributed by atoms with Gasteiger partial charge in [0.1, 0.15) is 6.07 Å². The van der Waals surface area contributed by atoms with Gasteiger partial charge in [-0.3, -0.25) is 4.98 Å². The highest BCUT2D eigenvalue weighted by Gasteiger charge is 2.07. The highest BCUT2D eigenvalue weighted by Crippen LogP contribution is 2.18. The van der Waals surface area contributed by atoms with Crippen LogP contribution in [-0.2, 0) is 4.74 Å². The van der Waals surface area contributed by atoms with Crippen LogP contribution in [0.2, 0.25) is 0 Å². The Balaban J connectivity index is 2.67. The molecule has 0 saturated heterocycles. The third kappa shape index (κ3) is 4.04. The van der Waals surface area contributed by atoms with Gasteiger partial charge in [0.2, 0.25) is 0 Å². The van der Waals surface area contributed by atoms with Crippen molar-refractivity contribution in [2.45, 2.75) is 33.8 Å². The van der Waals surface area contributed by atoms with Crippen molar-refractivity contribution in [1.29, 1.82) is 5.26 Å². The van der Waals surface area contributed by atoms with E-state index in [2.05, 4.69) is 16.4 Å². The van der Waals surface area contributed by atoms with E-state index in [4.69, 9.17) is 10.00 Å². The number of hydrogen-bond donors (Lipinski definition) is 1. The fraction of sp³-hybridized carbons (Fsp3) is 0.538. The van der Waals surface area contributed by atoms with Crippen LogP contribution in [0, 0.1) is 25.2 Å². The van der Waals surface area contributed by atoms with E-state index >= 15 is 0 Å². The number of hydrogen-bond acceptors (Lipinski definition) is 4. The molecule has 1 heterocycles. The van der Waals surface area contributed by atoms with Crippen molar-refractivity contribution in [2.75, 3.05) is 18.5 Å². The normalized spacial score (nSPS) is 10.4. The number of nitrogens with zero attached hydrogens (tertiary/aromatic N) is 2. The third-order valence-electron chi connectivity index (χ3n) is 2.31. The molecule has 0 bridgehead atoms. The molecule has 0 aliphatic rings. The summed E-state index contributed by atoms with van der Waals surface area (Å²) in [5.74, 6) is 0. The number of nitriles is 1. The van der Waals surface area contributed by atoms with Gasteiger partial charge in [-0.2, -0.15) is 5.26 Å². The maximum absolute atomic E-state index is 9.07. The summed E-state index contributed by atoms with van der Waals surface area (Å²) in [5, 5.41) is 12.3. The Labute approximate surface area is 103 Å². The molecule has 1 aromatic heterocycles. The molecule has 0 unspecified atom stereocenters. The molecule has 0 amide bonds. The molecular weight excluding hydrogens is 214 g/mol. The number of ether oxygens (including phenoxy) is 1. The minimum Gasteiger partial charge on any atom is -0.382 e. The molecule has 17 heavy (non-hydrogen) atoms. The van der Waals surface area contributed by atoms with Crippen LogP contribution in [0.3, 0.4) is 0 Å². The first-order valence-corrected chi connectivity index (χ1v) is 5.78. The van der Waals surface area contributed by atoms with E-state index in [1.165, 1.54) is 0 Å². The average Bonchev–Trinajstić information content (AvgIpc) is 2.23. The van der Waals surface area contributed by atoms with E-state index in [9.17, 15) is 0 Å². The quantitative estimate of drug-likeness (QED) is 0.793. The summed E-state index contributed by atoms with van der Waals surface area (Å²) in [7, 11) is 0. The Morgan fingerprint density at radius 3 is 2.76 bits per heavy atom. The van der Waals surface area contributed by atoms with E-state index in [0.29, 0.717) is 18.7 Å². The summed E-state index contributed by atoms with van der Waals surface area (Å²) in [5.41, 5.74) is 3.12. The number of aryl methyl sites for hydroxylation is 2. The predicted octanol–water partition coefficient (Wildman–Crippen LogP) is 2.41. The summed E-state index contributed by atoms with van der Waals surface area (Å²) in [6.07, 6.45) is 0.230. The summed E-state index contributed by atoms with van der Waals surface area (Å²) in [6, 6.07) is 4.06. The molecule has 0 atom stereocenters. The topological polar surface area (TPSA) is 57.9 Å². The van der Waals surface area contributed by atoms with E-state index in [1.807, 2.05) is 33.8 Å². The molecular formula is C13H19N3O. The van der Waals surface area contributed by atoms with E-state index in [1.54, 1.807) is 0 Å². The Kier molecular flexibility index (Phi) is 4.92. The maximum atomic E-state index is 9.07. The zero-order chi connectivity index (χ0) is 12.8. The Morgan fingerprint density at radius 1 is 1.47 bits per heavy atom. The predicted molar refractivity (Wildman–Crippen MR) is 68.0 cm³/mol. The highest BCUT2D eigenvalue weighted by molar-refractivity contribution is 5.59. The molecule has 4 nitrogen and oxygen atoms in total. The molecule has 0 aliphatic carbocycles. The first kappa shape index (κ1) is 13.5. The van der Waals surface area contributed by atoms with Crippen LogP contribution in [-0.4, -0.2) is 24.2 Å². The molecule has 0 fully saturated rings. The molecule has 1 rings (SSSR count).